The van der Waals surface area contributed by atoms with E-state index in [2.05, 4.69) is 20.8 Å². The maximum atomic E-state index is 12.2. The normalized spacial score (nSPS) is 22.2. The first-order valence-corrected chi connectivity index (χ1v) is 10.5. The molecule has 1 heterocycles. The Bertz CT molecular complexity index is 770. The average Bonchev–Trinajstić information content (AvgIpc) is 3.06. The van der Waals surface area contributed by atoms with Crippen molar-refractivity contribution < 1.29 is 14.3 Å². The quantitative estimate of drug-likeness (QED) is 0.562. The summed E-state index contributed by atoms with van der Waals surface area (Å²) < 4.78 is 5.09. The lowest BCUT2D eigenvalue weighted by Crippen LogP contribution is -2.28. The van der Waals surface area contributed by atoms with Crippen molar-refractivity contribution in [1.29, 1.82) is 0 Å². The number of methoxy groups -OCH3 is 1. The highest BCUT2D eigenvalue weighted by molar-refractivity contribution is 8.15. The van der Waals surface area contributed by atoms with Gasteiger partial charge in [0.2, 0.25) is 11.8 Å². The molecule has 1 aromatic carbocycles. The zero-order chi connectivity index (χ0) is 19.9. The van der Waals surface area contributed by atoms with Gasteiger partial charge in [0.15, 0.2) is 5.17 Å². The predicted molar refractivity (Wildman–Crippen MR) is 113 cm³/mol. The number of benzene rings is 1. The number of hydrogen-bond acceptors (Lipinski definition) is 6. The van der Waals surface area contributed by atoms with E-state index in [0.29, 0.717) is 22.5 Å². The Morgan fingerprint density at radius 2 is 1.96 bits per heavy atom. The molecule has 3 rings (SSSR count). The van der Waals surface area contributed by atoms with Crippen molar-refractivity contribution in [2.45, 2.75) is 50.7 Å². The third kappa shape index (κ3) is 5.58. The van der Waals surface area contributed by atoms with Gasteiger partial charge in [0.1, 0.15) is 11.0 Å². The minimum absolute atomic E-state index is 0.0763. The van der Waals surface area contributed by atoms with Gasteiger partial charge in [-0.15, -0.1) is 5.10 Å². The number of nitrogens with zero attached hydrogens (tertiary/aromatic N) is 2. The van der Waals surface area contributed by atoms with Gasteiger partial charge in [0, 0.05) is 17.8 Å². The molecule has 1 aliphatic heterocycles. The Labute approximate surface area is 169 Å². The molecule has 28 heavy (non-hydrogen) atoms. The van der Waals surface area contributed by atoms with Crippen molar-refractivity contribution in [3.63, 3.8) is 0 Å². The lowest BCUT2D eigenvalue weighted by molar-refractivity contribution is -0.122. The Morgan fingerprint density at radius 1 is 1.25 bits per heavy atom. The molecule has 1 saturated heterocycles. The van der Waals surface area contributed by atoms with Crippen LogP contribution < -0.4 is 15.4 Å². The van der Waals surface area contributed by atoms with Gasteiger partial charge in [-0.25, -0.2) is 0 Å². The van der Waals surface area contributed by atoms with Gasteiger partial charge in [-0.1, -0.05) is 31.0 Å². The number of ether oxygens (including phenoxy) is 1. The van der Waals surface area contributed by atoms with Gasteiger partial charge < -0.3 is 15.4 Å². The molecular weight excluding hydrogens is 376 g/mol. The van der Waals surface area contributed by atoms with E-state index < -0.39 is 5.25 Å². The van der Waals surface area contributed by atoms with E-state index in [0.717, 1.165) is 18.6 Å². The van der Waals surface area contributed by atoms with Crippen molar-refractivity contribution in [1.82, 2.24) is 5.32 Å². The number of hydrogen-bond donors (Lipinski definition) is 2. The summed E-state index contributed by atoms with van der Waals surface area (Å²) in [6, 6.07) is 7.05. The molecule has 0 unspecified atom stereocenters. The van der Waals surface area contributed by atoms with Crippen molar-refractivity contribution in [2.24, 2.45) is 16.1 Å². The van der Waals surface area contributed by atoms with E-state index >= 15 is 0 Å². The van der Waals surface area contributed by atoms with Gasteiger partial charge in [-0.05, 0) is 49.9 Å². The molecule has 7 nitrogen and oxygen atoms in total. The Hall–Kier alpha value is -2.35. The fourth-order valence-electron chi connectivity index (χ4n) is 3.37. The largest absolute Gasteiger partial charge is 0.497 e. The van der Waals surface area contributed by atoms with Crippen LogP contribution in [0.3, 0.4) is 0 Å². The fourth-order valence-corrected chi connectivity index (χ4v) is 4.29. The first-order chi connectivity index (χ1) is 13.5. The maximum absolute atomic E-state index is 12.2. The van der Waals surface area contributed by atoms with Crippen LogP contribution in [0.4, 0.5) is 5.69 Å². The number of anilines is 1. The lowest BCUT2D eigenvalue weighted by atomic mass is 9.86. The second-order valence-electron chi connectivity index (χ2n) is 7.06. The van der Waals surface area contributed by atoms with Crippen molar-refractivity contribution in [2.75, 3.05) is 12.4 Å². The van der Waals surface area contributed by atoms with E-state index in [1.165, 1.54) is 31.0 Å². The molecule has 2 fully saturated rings. The summed E-state index contributed by atoms with van der Waals surface area (Å²) in [5.41, 5.74) is 1.68. The number of rotatable bonds is 6. The molecule has 2 amide bonds. The molecule has 2 aliphatic rings. The van der Waals surface area contributed by atoms with E-state index in [4.69, 9.17) is 4.74 Å². The van der Waals surface area contributed by atoms with E-state index in [-0.39, 0.29) is 18.2 Å². The van der Waals surface area contributed by atoms with E-state index in [9.17, 15) is 9.59 Å². The van der Waals surface area contributed by atoms with E-state index in [1.807, 2.05) is 6.92 Å². The zero-order valence-corrected chi connectivity index (χ0v) is 17.1. The second-order valence-corrected chi connectivity index (χ2v) is 8.25. The van der Waals surface area contributed by atoms with Crippen molar-refractivity contribution in [3.8, 4) is 5.75 Å². The summed E-state index contributed by atoms with van der Waals surface area (Å²) in [5, 5.41) is 14.0. The Morgan fingerprint density at radius 3 is 2.64 bits per heavy atom. The fraction of sp³-hybridized carbons (Fsp3) is 0.500. The highest BCUT2D eigenvalue weighted by atomic mass is 32.2. The van der Waals surface area contributed by atoms with Crippen LogP contribution in [-0.2, 0) is 9.59 Å². The van der Waals surface area contributed by atoms with Crippen LogP contribution in [0.15, 0.2) is 34.5 Å². The average molecular weight is 403 g/mol. The van der Waals surface area contributed by atoms with Crippen LogP contribution in [0, 0.1) is 5.92 Å². The smallest absolute Gasteiger partial charge is 0.240 e. The third-order valence-corrected chi connectivity index (χ3v) is 6.09. The van der Waals surface area contributed by atoms with Gasteiger partial charge in [-0.2, -0.15) is 5.10 Å². The predicted octanol–water partition coefficient (Wildman–Crippen LogP) is 3.57. The van der Waals surface area contributed by atoms with Crippen LogP contribution in [-0.4, -0.2) is 35.1 Å². The molecule has 0 spiro atoms. The molecule has 1 aromatic rings. The molecule has 0 bridgehead atoms. The van der Waals surface area contributed by atoms with Crippen LogP contribution >= 0.6 is 11.8 Å². The monoisotopic (exact) mass is 402 g/mol. The molecule has 1 aliphatic carbocycles. The summed E-state index contributed by atoms with van der Waals surface area (Å²) >= 11 is 1.25. The van der Waals surface area contributed by atoms with Gasteiger partial charge in [-0.3, -0.25) is 9.59 Å². The molecule has 8 heteroatoms. The number of carbonyl (C=O) groups excluding carboxylic acids is 2. The molecule has 0 radical (unpaired) electrons. The minimum atomic E-state index is -0.498. The summed E-state index contributed by atoms with van der Waals surface area (Å²) in [7, 11) is 1.59. The number of carbonyl (C=O) groups is 2. The zero-order valence-electron chi connectivity index (χ0n) is 16.2. The number of amidine groups is 1. The number of thioether (sulfide) groups is 1. The number of amides is 2. The molecule has 2 N–H and O–H groups in total. The highest BCUT2D eigenvalue weighted by Crippen LogP contribution is 2.26. The topological polar surface area (TPSA) is 92.2 Å². The van der Waals surface area contributed by atoms with Crippen LogP contribution in [0.2, 0.25) is 0 Å². The van der Waals surface area contributed by atoms with Crippen LogP contribution in [0.1, 0.15) is 45.4 Å². The highest BCUT2D eigenvalue weighted by Gasteiger charge is 2.32. The summed E-state index contributed by atoms with van der Waals surface area (Å²) in [6.45, 7) is 2.00. The molecule has 0 aromatic heterocycles. The lowest BCUT2D eigenvalue weighted by Gasteiger charge is -2.20. The summed E-state index contributed by atoms with van der Waals surface area (Å²) in [4.78, 5) is 24.4. The molecule has 150 valence electrons. The summed E-state index contributed by atoms with van der Waals surface area (Å²) in [5.74, 6) is 0.778. The SMILES string of the molecule is COc1ccc(NC(=O)C[C@@H]2S/C(=N/N=C(/C)C3CCCCC3)NC2=O)cc1. The van der Waals surface area contributed by atoms with Gasteiger partial charge in [0.05, 0.1) is 7.11 Å². The third-order valence-electron chi connectivity index (χ3n) is 5.02. The van der Waals surface area contributed by atoms with Gasteiger partial charge >= 0.3 is 0 Å². The Balaban J connectivity index is 1.52. The van der Waals surface area contributed by atoms with E-state index in [1.54, 1.807) is 31.4 Å². The van der Waals surface area contributed by atoms with Crippen LogP contribution in [0.5, 0.6) is 5.75 Å². The van der Waals surface area contributed by atoms with Crippen molar-refractivity contribution >= 4 is 40.1 Å². The minimum Gasteiger partial charge on any atom is -0.497 e. The summed E-state index contributed by atoms with van der Waals surface area (Å²) in [6.07, 6.45) is 6.18. The molecular formula is C20H26N4O3S. The second kappa shape index (κ2) is 9.73. The van der Waals surface area contributed by atoms with Gasteiger partial charge in [0.25, 0.3) is 0 Å². The maximum Gasteiger partial charge on any atom is 0.240 e. The first kappa shape index (κ1) is 20.4. The van der Waals surface area contributed by atoms with Crippen LogP contribution in [0.25, 0.3) is 0 Å². The Kier molecular flexibility index (Phi) is 7.08. The first-order valence-electron chi connectivity index (χ1n) is 9.58. The number of nitrogens with one attached hydrogen (secondary N) is 2. The van der Waals surface area contributed by atoms with Crippen molar-refractivity contribution in [3.05, 3.63) is 24.3 Å². The standard InChI is InChI=1S/C20H26N4O3S/c1-13(14-6-4-3-5-7-14)23-24-20-22-19(26)17(28-20)12-18(25)21-15-8-10-16(27-2)11-9-15/h8-11,14,17H,3-7,12H2,1-2H3,(H,21,25)(H,22,24,26)/b23-13-/t17-/m0/s1. The molecule has 1 atom stereocenters. The molecule has 1 saturated carbocycles.